The zero-order valence-electron chi connectivity index (χ0n) is 15.8. The molecular formula is C19H25N5O2. The number of aromatic nitrogens is 3. The quantitative estimate of drug-likeness (QED) is 0.842. The van der Waals surface area contributed by atoms with Crippen molar-refractivity contribution in [2.24, 2.45) is 5.41 Å². The minimum absolute atomic E-state index is 0.0275. The molecule has 138 valence electrons. The predicted octanol–water partition coefficient (Wildman–Crippen LogP) is 2.42. The smallest absolute Gasteiger partial charge is 0.272 e. The summed E-state index contributed by atoms with van der Waals surface area (Å²) >= 11 is 0. The highest BCUT2D eigenvalue weighted by Crippen LogP contribution is 2.47. The van der Waals surface area contributed by atoms with E-state index in [1.165, 1.54) is 0 Å². The molecule has 7 nitrogen and oxygen atoms in total. The van der Waals surface area contributed by atoms with E-state index in [-0.39, 0.29) is 23.3 Å². The van der Waals surface area contributed by atoms with Gasteiger partial charge in [-0.25, -0.2) is 0 Å². The Kier molecular flexibility index (Phi) is 4.06. The summed E-state index contributed by atoms with van der Waals surface area (Å²) in [7, 11) is 2.09. The third-order valence-electron chi connectivity index (χ3n) is 5.53. The van der Waals surface area contributed by atoms with Crippen molar-refractivity contribution < 1.29 is 9.21 Å². The second-order valence-electron chi connectivity index (χ2n) is 8.10. The maximum atomic E-state index is 12.7. The lowest BCUT2D eigenvalue weighted by Crippen LogP contribution is -2.59. The van der Waals surface area contributed by atoms with Gasteiger partial charge in [0.25, 0.3) is 5.91 Å². The highest BCUT2D eigenvalue weighted by Gasteiger charge is 2.53. The molecule has 2 fully saturated rings. The van der Waals surface area contributed by atoms with Crippen molar-refractivity contribution in [3.63, 3.8) is 0 Å². The van der Waals surface area contributed by atoms with Gasteiger partial charge in [0, 0.05) is 37.2 Å². The van der Waals surface area contributed by atoms with E-state index in [0.29, 0.717) is 17.5 Å². The first kappa shape index (κ1) is 17.1. The third kappa shape index (κ3) is 2.80. The van der Waals surface area contributed by atoms with E-state index in [0.717, 1.165) is 31.6 Å². The van der Waals surface area contributed by atoms with Crippen LogP contribution in [0.15, 0.2) is 22.7 Å². The maximum absolute atomic E-state index is 12.7. The largest absolute Gasteiger partial charge is 0.423 e. The van der Waals surface area contributed by atoms with Crippen molar-refractivity contribution in [3.05, 3.63) is 41.4 Å². The molecule has 0 radical (unpaired) electrons. The first-order valence-electron chi connectivity index (χ1n) is 9.13. The Morgan fingerprint density at radius 1 is 1.31 bits per heavy atom. The highest BCUT2D eigenvalue weighted by atomic mass is 16.4. The monoisotopic (exact) mass is 355 g/mol. The summed E-state index contributed by atoms with van der Waals surface area (Å²) in [5.74, 6) is 1.64. The second kappa shape index (κ2) is 6.16. The molecule has 2 saturated heterocycles. The van der Waals surface area contributed by atoms with Gasteiger partial charge in [0.05, 0.1) is 6.04 Å². The summed E-state index contributed by atoms with van der Waals surface area (Å²) in [4.78, 5) is 21.1. The number of hydrogen-bond donors (Lipinski definition) is 0. The highest BCUT2D eigenvalue weighted by molar-refractivity contribution is 5.94. The topological polar surface area (TPSA) is 75.4 Å². The first-order valence-corrected chi connectivity index (χ1v) is 9.13. The zero-order chi connectivity index (χ0) is 18.5. The van der Waals surface area contributed by atoms with Gasteiger partial charge in [-0.1, -0.05) is 19.9 Å². The molecule has 0 aromatic carbocycles. The number of rotatable bonds is 3. The SMILES string of the molecule is Cc1cccnc1C(=O)N1CC2(CC(c3nnc(C(C)C)o3)N(C)C2)C1. The lowest BCUT2D eigenvalue weighted by Gasteiger charge is -2.48. The molecular weight excluding hydrogens is 330 g/mol. The van der Waals surface area contributed by atoms with E-state index in [2.05, 4.69) is 27.1 Å². The third-order valence-corrected chi connectivity index (χ3v) is 5.53. The molecule has 1 amide bonds. The molecule has 1 atom stereocenters. The minimum atomic E-state index is 0.0275. The van der Waals surface area contributed by atoms with E-state index >= 15 is 0 Å². The van der Waals surface area contributed by atoms with Crippen LogP contribution in [-0.4, -0.2) is 57.6 Å². The van der Waals surface area contributed by atoms with E-state index < -0.39 is 0 Å². The fourth-order valence-corrected chi connectivity index (χ4v) is 4.16. The van der Waals surface area contributed by atoms with Crippen molar-refractivity contribution in [1.82, 2.24) is 25.0 Å². The van der Waals surface area contributed by atoms with E-state index in [1.54, 1.807) is 6.20 Å². The van der Waals surface area contributed by atoms with E-state index in [1.807, 2.05) is 37.8 Å². The van der Waals surface area contributed by atoms with Crippen molar-refractivity contribution >= 4 is 5.91 Å². The summed E-state index contributed by atoms with van der Waals surface area (Å²) in [6.07, 6.45) is 2.62. The molecule has 1 unspecified atom stereocenters. The lowest BCUT2D eigenvalue weighted by molar-refractivity contribution is 0.0109. The fraction of sp³-hybridized carbons (Fsp3) is 0.579. The van der Waals surface area contributed by atoms with Crippen molar-refractivity contribution in [2.45, 2.75) is 39.2 Å². The number of nitrogens with zero attached hydrogens (tertiary/aromatic N) is 5. The van der Waals surface area contributed by atoms with Gasteiger partial charge in [-0.15, -0.1) is 10.2 Å². The number of likely N-dealkylation sites (tertiary alicyclic amines) is 2. The molecule has 2 aliphatic heterocycles. The molecule has 7 heteroatoms. The molecule has 0 aliphatic carbocycles. The van der Waals surface area contributed by atoms with Crippen LogP contribution in [0.5, 0.6) is 0 Å². The molecule has 0 bridgehead atoms. The van der Waals surface area contributed by atoms with Gasteiger partial charge in [0.2, 0.25) is 11.8 Å². The standard InChI is InChI=1S/C19H25N5O2/c1-12(2)16-21-22-17(26-16)14-8-19(9-23(14)4)10-24(11-19)18(25)15-13(3)6-5-7-20-15/h5-7,12,14H,8-11H2,1-4H3. The van der Waals surface area contributed by atoms with Gasteiger partial charge in [-0.3, -0.25) is 14.7 Å². The average molecular weight is 355 g/mol. The minimum Gasteiger partial charge on any atom is -0.423 e. The Hall–Kier alpha value is -2.28. The number of aryl methyl sites for hydroxylation is 1. The molecule has 2 aliphatic rings. The van der Waals surface area contributed by atoms with Crippen LogP contribution in [0.1, 0.15) is 60.1 Å². The molecule has 4 rings (SSSR count). The second-order valence-corrected chi connectivity index (χ2v) is 8.10. The lowest BCUT2D eigenvalue weighted by atomic mass is 9.77. The maximum Gasteiger partial charge on any atom is 0.272 e. The van der Waals surface area contributed by atoms with Crippen molar-refractivity contribution in [2.75, 3.05) is 26.7 Å². The Labute approximate surface area is 153 Å². The number of carbonyl (C=O) groups is 1. The van der Waals surface area contributed by atoms with E-state index in [4.69, 9.17) is 4.42 Å². The van der Waals surface area contributed by atoms with Crippen LogP contribution >= 0.6 is 0 Å². The zero-order valence-corrected chi connectivity index (χ0v) is 15.8. The summed E-state index contributed by atoms with van der Waals surface area (Å²) < 4.78 is 5.87. The fourth-order valence-electron chi connectivity index (χ4n) is 4.16. The van der Waals surface area contributed by atoms with Crippen LogP contribution in [0, 0.1) is 12.3 Å². The number of hydrogen-bond acceptors (Lipinski definition) is 6. The summed E-state index contributed by atoms with van der Waals surface area (Å²) in [6.45, 7) is 8.47. The molecule has 0 N–H and O–H groups in total. The van der Waals surface area contributed by atoms with Gasteiger partial charge in [-0.2, -0.15) is 0 Å². The predicted molar refractivity (Wildman–Crippen MR) is 95.7 cm³/mol. The van der Waals surface area contributed by atoms with Crippen LogP contribution in [0.4, 0.5) is 0 Å². The first-order chi connectivity index (χ1) is 12.4. The Balaban J connectivity index is 1.44. The van der Waals surface area contributed by atoms with Gasteiger partial charge >= 0.3 is 0 Å². The molecule has 0 saturated carbocycles. The molecule has 2 aromatic heterocycles. The average Bonchev–Trinajstić information content (AvgIpc) is 3.18. The van der Waals surface area contributed by atoms with E-state index in [9.17, 15) is 4.79 Å². The van der Waals surface area contributed by atoms with Crippen LogP contribution in [-0.2, 0) is 0 Å². The van der Waals surface area contributed by atoms with Crippen LogP contribution in [0.3, 0.4) is 0 Å². The Bertz CT molecular complexity index is 825. The van der Waals surface area contributed by atoms with Crippen LogP contribution in [0.25, 0.3) is 0 Å². The van der Waals surface area contributed by atoms with Gasteiger partial charge in [0.1, 0.15) is 5.69 Å². The number of carbonyl (C=O) groups excluding carboxylic acids is 1. The molecule has 1 spiro atoms. The van der Waals surface area contributed by atoms with Gasteiger partial charge in [0.15, 0.2) is 0 Å². The van der Waals surface area contributed by atoms with Gasteiger partial charge in [-0.05, 0) is 32.0 Å². The summed E-state index contributed by atoms with van der Waals surface area (Å²) in [6, 6.07) is 3.91. The summed E-state index contributed by atoms with van der Waals surface area (Å²) in [5, 5.41) is 8.42. The van der Waals surface area contributed by atoms with Crippen molar-refractivity contribution in [3.8, 4) is 0 Å². The number of pyridine rings is 1. The normalized spacial score (nSPS) is 22.2. The Morgan fingerprint density at radius 2 is 2.08 bits per heavy atom. The molecule has 4 heterocycles. The van der Waals surface area contributed by atoms with Gasteiger partial charge < -0.3 is 9.32 Å². The molecule has 26 heavy (non-hydrogen) atoms. The summed E-state index contributed by atoms with van der Waals surface area (Å²) in [5.41, 5.74) is 1.60. The van der Waals surface area contributed by atoms with Crippen molar-refractivity contribution in [1.29, 1.82) is 0 Å². The van der Waals surface area contributed by atoms with Crippen LogP contribution < -0.4 is 0 Å². The molecule has 2 aromatic rings. The number of amides is 1. The van der Waals surface area contributed by atoms with Crippen LogP contribution in [0.2, 0.25) is 0 Å². The Morgan fingerprint density at radius 3 is 2.73 bits per heavy atom.